The van der Waals surface area contributed by atoms with Crippen LogP contribution in [0.15, 0.2) is 29.3 Å². The Hall–Kier alpha value is -1.12. The molecule has 0 aliphatic rings. The normalized spacial score (nSPS) is 11.4. The lowest BCUT2D eigenvalue weighted by molar-refractivity contribution is -0.0498. The number of rotatable bonds is 5. The Labute approximate surface area is 128 Å². The van der Waals surface area contributed by atoms with Crippen LogP contribution in [0.5, 0.6) is 5.75 Å². The van der Waals surface area contributed by atoms with Crippen LogP contribution in [0.4, 0.5) is 8.78 Å². The molecule has 0 radical (unpaired) electrons. The van der Waals surface area contributed by atoms with Crippen molar-refractivity contribution in [2.75, 3.05) is 0 Å². The van der Waals surface area contributed by atoms with Gasteiger partial charge < -0.3 is 15.8 Å². The molecule has 0 heterocycles. The molecule has 0 unspecified atom stereocenters. The molecular formula is C12H18F2IN3O. The average Bonchev–Trinajstić information content (AvgIpc) is 2.25. The maximum atomic E-state index is 12.0. The van der Waals surface area contributed by atoms with E-state index in [1.807, 2.05) is 13.8 Å². The number of nitrogens with one attached hydrogen (secondary N) is 1. The summed E-state index contributed by atoms with van der Waals surface area (Å²) in [6.07, 6.45) is 0. The van der Waals surface area contributed by atoms with Crippen LogP contribution in [-0.4, -0.2) is 18.6 Å². The Balaban J connectivity index is 0.00000324. The van der Waals surface area contributed by atoms with E-state index in [1.165, 1.54) is 12.1 Å². The number of guanidine groups is 1. The molecule has 1 aromatic carbocycles. The van der Waals surface area contributed by atoms with E-state index < -0.39 is 6.61 Å². The second-order valence-electron chi connectivity index (χ2n) is 4.03. The summed E-state index contributed by atoms with van der Waals surface area (Å²) in [5.74, 6) is 0.443. The maximum absolute atomic E-state index is 12.0. The zero-order valence-electron chi connectivity index (χ0n) is 10.8. The van der Waals surface area contributed by atoms with Crippen LogP contribution in [0.3, 0.4) is 0 Å². The molecule has 3 N–H and O–H groups in total. The summed E-state index contributed by atoms with van der Waals surface area (Å²) < 4.78 is 28.4. The van der Waals surface area contributed by atoms with E-state index in [2.05, 4.69) is 15.0 Å². The third-order valence-electron chi connectivity index (χ3n) is 1.99. The van der Waals surface area contributed by atoms with Crippen molar-refractivity contribution in [1.29, 1.82) is 0 Å². The molecule has 0 spiro atoms. The molecule has 1 rings (SSSR count). The highest BCUT2D eigenvalue weighted by Crippen LogP contribution is 2.16. The summed E-state index contributed by atoms with van der Waals surface area (Å²) in [5, 5.41) is 2.94. The largest absolute Gasteiger partial charge is 0.435 e. The summed E-state index contributed by atoms with van der Waals surface area (Å²) in [4.78, 5) is 4.10. The van der Waals surface area contributed by atoms with Crippen LogP contribution in [0.25, 0.3) is 0 Å². The molecule has 0 saturated carbocycles. The van der Waals surface area contributed by atoms with Gasteiger partial charge in [-0.2, -0.15) is 8.78 Å². The van der Waals surface area contributed by atoms with Crippen LogP contribution in [0.2, 0.25) is 0 Å². The Morgan fingerprint density at radius 3 is 2.68 bits per heavy atom. The summed E-state index contributed by atoms with van der Waals surface area (Å²) in [5.41, 5.74) is 6.38. The van der Waals surface area contributed by atoms with Crippen LogP contribution in [-0.2, 0) is 6.54 Å². The van der Waals surface area contributed by atoms with E-state index in [9.17, 15) is 8.78 Å². The first kappa shape index (κ1) is 17.9. The van der Waals surface area contributed by atoms with E-state index in [0.29, 0.717) is 12.5 Å². The fourth-order valence-corrected chi connectivity index (χ4v) is 1.34. The molecule has 0 amide bonds. The number of hydrogen-bond donors (Lipinski definition) is 2. The lowest BCUT2D eigenvalue weighted by atomic mass is 10.2. The first-order valence-corrected chi connectivity index (χ1v) is 5.57. The predicted octanol–water partition coefficient (Wildman–Crippen LogP) is 2.72. The van der Waals surface area contributed by atoms with Gasteiger partial charge in [0, 0.05) is 6.04 Å². The van der Waals surface area contributed by atoms with Gasteiger partial charge in [0.05, 0.1) is 6.54 Å². The first-order chi connectivity index (χ1) is 8.47. The van der Waals surface area contributed by atoms with Crippen molar-refractivity contribution in [2.24, 2.45) is 10.7 Å². The molecule has 0 aromatic heterocycles. The molecule has 0 aliphatic carbocycles. The van der Waals surface area contributed by atoms with E-state index in [-0.39, 0.29) is 35.8 Å². The van der Waals surface area contributed by atoms with Gasteiger partial charge in [-0.3, -0.25) is 0 Å². The molecule has 4 nitrogen and oxygen atoms in total. The minimum absolute atomic E-state index is 0. The first-order valence-electron chi connectivity index (χ1n) is 5.57. The fraction of sp³-hybridized carbons (Fsp3) is 0.417. The van der Waals surface area contributed by atoms with Crippen LogP contribution < -0.4 is 15.8 Å². The molecule has 0 bridgehead atoms. The Kier molecular flexibility index (Phi) is 8.37. The SMILES string of the molecule is CC(C)NC(N)=NCc1cccc(OC(F)F)c1.I. The van der Waals surface area contributed by atoms with Crippen molar-refractivity contribution in [3.8, 4) is 5.75 Å². The number of halogens is 3. The van der Waals surface area contributed by atoms with Gasteiger partial charge in [-0.05, 0) is 31.5 Å². The standard InChI is InChI=1S/C12H17F2N3O.HI/c1-8(2)17-12(15)16-7-9-4-3-5-10(6-9)18-11(13)14;/h3-6,8,11H,7H2,1-2H3,(H3,15,16,17);1H. The van der Waals surface area contributed by atoms with Gasteiger partial charge in [0.1, 0.15) is 5.75 Å². The molecule has 19 heavy (non-hydrogen) atoms. The second kappa shape index (κ2) is 8.89. The van der Waals surface area contributed by atoms with E-state index >= 15 is 0 Å². The van der Waals surface area contributed by atoms with E-state index in [4.69, 9.17) is 5.73 Å². The topological polar surface area (TPSA) is 59.6 Å². The molecule has 0 atom stereocenters. The zero-order valence-corrected chi connectivity index (χ0v) is 13.1. The molecule has 7 heteroatoms. The van der Waals surface area contributed by atoms with Crippen LogP contribution in [0, 0.1) is 0 Å². The molecular weight excluding hydrogens is 367 g/mol. The smallest absolute Gasteiger partial charge is 0.387 e. The van der Waals surface area contributed by atoms with Crippen LogP contribution >= 0.6 is 24.0 Å². The molecule has 108 valence electrons. The van der Waals surface area contributed by atoms with Crippen molar-refractivity contribution in [2.45, 2.75) is 33.0 Å². The number of alkyl halides is 2. The highest BCUT2D eigenvalue weighted by Gasteiger charge is 2.04. The lowest BCUT2D eigenvalue weighted by Gasteiger charge is -2.09. The number of aliphatic imine (C=N–C) groups is 1. The molecule has 0 saturated heterocycles. The van der Waals surface area contributed by atoms with Gasteiger partial charge in [-0.1, -0.05) is 12.1 Å². The number of nitrogens with two attached hydrogens (primary N) is 1. The number of ether oxygens (including phenoxy) is 1. The number of benzene rings is 1. The maximum Gasteiger partial charge on any atom is 0.387 e. The average molecular weight is 385 g/mol. The van der Waals surface area contributed by atoms with Crippen molar-refractivity contribution < 1.29 is 13.5 Å². The Bertz CT molecular complexity index is 414. The highest BCUT2D eigenvalue weighted by atomic mass is 127. The zero-order chi connectivity index (χ0) is 13.5. The Morgan fingerprint density at radius 1 is 1.42 bits per heavy atom. The highest BCUT2D eigenvalue weighted by molar-refractivity contribution is 14.0. The minimum atomic E-state index is -2.82. The third-order valence-corrected chi connectivity index (χ3v) is 1.99. The monoisotopic (exact) mass is 385 g/mol. The third kappa shape index (κ3) is 7.81. The Morgan fingerprint density at radius 2 is 2.11 bits per heavy atom. The summed E-state index contributed by atoms with van der Waals surface area (Å²) in [7, 11) is 0. The molecule has 0 fully saturated rings. The minimum Gasteiger partial charge on any atom is -0.435 e. The van der Waals surface area contributed by atoms with Gasteiger partial charge in [-0.15, -0.1) is 24.0 Å². The summed E-state index contributed by atoms with van der Waals surface area (Å²) >= 11 is 0. The second-order valence-corrected chi connectivity index (χ2v) is 4.03. The van der Waals surface area contributed by atoms with Gasteiger partial charge in [-0.25, -0.2) is 4.99 Å². The number of hydrogen-bond acceptors (Lipinski definition) is 2. The lowest BCUT2D eigenvalue weighted by Crippen LogP contribution is -2.36. The number of nitrogens with zero attached hydrogens (tertiary/aromatic N) is 1. The molecule has 0 aliphatic heterocycles. The van der Waals surface area contributed by atoms with E-state index in [0.717, 1.165) is 5.56 Å². The fourth-order valence-electron chi connectivity index (χ4n) is 1.34. The predicted molar refractivity (Wildman–Crippen MR) is 82.1 cm³/mol. The van der Waals surface area contributed by atoms with Crippen molar-refractivity contribution in [3.63, 3.8) is 0 Å². The summed E-state index contributed by atoms with van der Waals surface area (Å²) in [6.45, 7) is 1.38. The van der Waals surface area contributed by atoms with Crippen molar-refractivity contribution >= 4 is 29.9 Å². The van der Waals surface area contributed by atoms with Crippen LogP contribution in [0.1, 0.15) is 19.4 Å². The quantitative estimate of drug-likeness (QED) is 0.466. The molecule has 1 aromatic rings. The van der Waals surface area contributed by atoms with Gasteiger partial charge in [0.2, 0.25) is 0 Å². The van der Waals surface area contributed by atoms with Crippen molar-refractivity contribution in [3.05, 3.63) is 29.8 Å². The van der Waals surface area contributed by atoms with Crippen molar-refractivity contribution in [1.82, 2.24) is 5.32 Å². The summed E-state index contributed by atoms with van der Waals surface area (Å²) in [6, 6.07) is 6.58. The van der Waals surface area contributed by atoms with Gasteiger partial charge in [0.15, 0.2) is 5.96 Å². The van der Waals surface area contributed by atoms with Gasteiger partial charge in [0.25, 0.3) is 0 Å². The van der Waals surface area contributed by atoms with Gasteiger partial charge >= 0.3 is 6.61 Å². The van der Waals surface area contributed by atoms with E-state index in [1.54, 1.807) is 12.1 Å².